The van der Waals surface area contributed by atoms with Gasteiger partial charge in [0.15, 0.2) is 0 Å². The van der Waals surface area contributed by atoms with Crippen molar-refractivity contribution in [2.24, 2.45) is 0 Å². The normalized spacial score (nSPS) is 19.0. The molecule has 1 atom stereocenters. The molecule has 10 heteroatoms. The summed E-state index contributed by atoms with van der Waals surface area (Å²) in [6.45, 7) is 0.0340. The first-order chi connectivity index (χ1) is 14.6. The lowest BCUT2D eigenvalue weighted by atomic mass is 9.73. The van der Waals surface area contributed by atoms with Crippen LogP contribution in [0.2, 0.25) is 0 Å². The topological polar surface area (TPSA) is 96.5 Å². The number of urea groups is 1. The van der Waals surface area contributed by atoms with E-state index in [9.17, 15) is 22.0 Å². The fourth-order valence-electron chi connectivity index (χ4n) is 3.99. The van der Waals surface area contributed by atoms with E-state index in [1.165, 1.54) is 24.3 Å². The van der Waals surface area contributed by atoms with Crippen molar-refractivity contribution in [1.29, 1.82) is 0 Å². The molecule has 2 aromatic carbocycles. The summed E-state index contributed by atoms with van der Waals surface area (Å²) in [5.74, 6) is -0.572. The van der Waals surface area contributed by atoms with Gasteiger partial charge < -0.3 is 15.4 Å². The second-order valence-electron chi connectivity index (χ2n) is 8.09. The van der Waals surface area contributed by atoms with E-state index in [0.29, 0.717) is 23.3 Å². The summed E-state index contributed by atoms with van der Waals surface area (Å²) in [5, 5.41) is 5.53. The molecule has 1 spiro atoms. The van der Waals surface area contributed by atoms with Crippen LogP contribution < -0.4 is 20.1 Å². The van der Waals surface area contributed by atoms with Gasteiger partial charge in [0.05, 0.1) is 18.0 Å². The van der Waals surface area contributed by atoms with Gasteiger partial charge in [-0.05, 0) is 55.2 Å². The lowest BCUT2D eigenvalue weighted by Crippen LogP contribution is -2.50. The van der Waals surface area contributed by atoms with Gasteiger partial charge in [0, 0.05) is 18.5 Å². The predicted molar refractivity (Wildman–Crippen MR) is 111 cm³/mol. The Morgan fingerprint density at radius 3 is 2.61 bits per heavy atom. The summed E-state index contributed by atoms with van der Waals surface area (Å²) >= 11 is 0. The first-order valence-corrected chi connectivity index (χ1v) is 11.8. The Labute approximate surface area is 179 Å². The average Bonchev–Trinajstić information content (AvgIpc) is 2.66. The molecule has 1 aliphatic heterocycles. The third-order valence-electron chi connectivity index (χ3n) is 5.60. The van der Waals surface area contributed by atoms with Crippen molar-refractivity contribution in [1.82, 2.24) is 10.6 Å². The standard InChI is InChI=1S/C21H23F2N3O4S/c1-31(28,29)26-17-5-3-13(9-16(17)23)12-24-20(27)25-18-11-21(7-2-8-21)30-19-6-4-14(22)10-15(18)19/h3-6,9-10,18,26H,2,7-8,11-12H2,1H3,(H2,24,25,27)/t18-/m0/s1. The molecule has 4 rings (SSSR count). The number of hydrogen-bond acceptors (Lipinski definition) is 4. The number of benzene rings is 2. The lowest BCUT2D eigenvalue weighted by Gasteiger charge is -2.48. The van der Waals surface area contributed by atoms with Crippen molar-refractivity contribution in [2.75, 3.05) is 11.0 Å². The fraction of sp³-hybridized carbons (Fsp3) is 0.381. The summed E-state index contributed by atoms with van der Waals surface area (Å²) < 4.78 is 58.5. The summed E-state index contributed by atoms with van der Waals surface area (Å²) in [6, 6.07) is 7.37. The van der Waals surface area contributed by atoms with Crippen molar-refractivity contribution < 1.29 is 26.7 Å². The lowest BCUT2D eigenvalue weighted by molar-refractivity contribution is -0.0357. The van der Waals surface area contributed by atoms with Crippen LogP contribution in [0.5, 0.6) is 5.75 Å². The van der Waals surface area contributed by atoms with Crippen LogP contribution in [0.15, 0.2) is 36.4 Å². The van der Waals surface area contributed by atoms with Crippen LogP contribution in [0.4, 0.5) is 19.3 Å². The molecule has 1 saturated carbocycles. The third-order valence-corrected chi connectivity index (χ3v) is 6.19. The third kappa shape index (κ3) is 4.90. The van der Waals surface area contributed by atoms with E-state index in [4.69, 9.17) is 4.74 Å². The van der Waals surface area contributed by atoms with E-state index in [-0.39, 0.29) is 17.8 Å². The molecule has 3 N–H and O–H groups in total. The molecule has 1 aliphatic carbocycles. The van der Waals surface area contributed by atoms with E-state index in [0.717, 1.165) is 31.6 Å². The summed E-state index contributed by atoms with van der Waals surface area (Å²) in [6.07, 6.45) is 4.30. The monoisotopic (exact) mass is 451 g/mol. The van der Waals surface area contributed by atoms with Crippen LogP contribution in [-0.4, -0.2) is 26.3 Å². The molecule has 0 saturated heterocycles. The molecular weight excluding hydrogens is 428 g/mol. The first-order valence-electron chi connectivity index (χ1n) is 9.92. The first kappa shape index (κ1) is 21.4. The van der Waals surface area contributed by atoms with Gasteiger partial charge in [0.1, 0.15) is 23.0 Å². The number of sulfonamides is 1. The van der Waals surface area contributed by atoms with Crippen LogP contribution >= 0.6 is 0 Å². The number of anilines is 1. The van der Waals surface area contributed by atoms with E-state index < -0.39 is 33.7 Å². The highest BCUT2D eigenvalue weighted by Crippen LogP contribution is 2.48. The zero-order chi connectivity index (χ0) is 22.2. The van der Waals surface area contributed by atoms with E-state index >= 15 is 0 Å². The number of carbonyl (C=O) groups is 1. The number of amides is 2. The molecule has 1 heterocycles. The average molecular weight is 451 g/mol. The van der Waals surface area contributed by atoms with Crippen LogP contribution in [-0.2, 0) is 16.6 Å². The van der Waals surface area contributed by atoms with Gasteiger partial charge in [-0.3, -0.25) is 4.72 Å². The Balaban J connectivity index is 1.41. The highest BCUT2D eigenvalue weighted by Gasteiger charge is 2.46. The second-order valence-corrected chi connectivity index (χ2v) is 9.84. The van der Waals surface area contributed by atoms with Crippen molar-refractivity contribution in [3.05, 3.63) is 59.2 Å². The Hall–Kier alpha value is -2.88. The van der Waals surface area contributed by atoms with Gasteiger partial charge in [-0.1, -0.05) is 6.07 Å². The number of rotatable bonds is 5. The van der Waals surface area contributed by atoms with Gasteiger partial charge in [0.25, 0.3) is 0 Å². The minimum atomic E-state index is -3.60. The van der Waals surface area contributed by atoms with Crippen molar-refractivity contribution in [3.63, 3.8) is 0 Å². The number of ether oxygens (including phenoxy) is 1. The smallest absolute Gasteiger partial charge is 0.315 e. The van der Waals surface area contributed by atoms with Gasteiger partial charge in [-0.25, -0.2) is 22.0 Å². The van der Waals surface area contributed by atoms with Crippen molar-refractivity contribution in [3.8, 4) is 5.75 Å². The molecule has 2 amide bonds. The quantitative estimate of drug-likeness (QED) is 0.647. The van der Waals surface area contributed by atoms with Crippen LogP contribution in [0.1, 0.15) is 42.9 Å². The zero-order valence-corrected chi connectivity index (χ0v) is 17.7. The maximum absolute atomic E-state index is 14.1. The van der Waals surface area contributed by atoms with Gasteiger partial charge in [0.2, 0.25) is 10.0 Å². The van der Waals surface area contributed by atoms with Crippen molar-refractivity contribution in [2.45, 2.75) is 43.9 Å². The Kier molecular flexibility index (Phi) is 5.50. The minimum Gasteiger partial charge on any atom is -0.487 e. The molecular formula is C21H23F2N3O4S. The van der Waals surface area contributed by atoms with Gasteiger partial charge in [-0.15, -0.1) is 0 Å². The second kappa shape index (κ2) is 7.99. The van der Waals surface area contributed by atoms with Crippen molar-refractivity contribution >= 4 is 21.7 Å². The SMILES string of the molecule is CS(=O)(=O)Nc1ccc(CNC(=O)N[C@H]2CC3(CCC3)Oc3ccc(F)cc32)cc1F. The summed E-state index contributed by atoms with van der Waals surface area (Å²) in [4.78, 5) is 12.5. The number of fused-ring (bicyclic) bond motifs is 1. The van der Waals surface area contributed by atoms with Crippen LogP contribution in [0, 0.1) is 11.6 Å². The molecule has 1 fully saturated rings. The van der Waals surface area contributed by atoms with Crippen LogP contribution in [0.3, 0.4) is 0 Å². The van der Waals surface area contributed by atoms with Gasteiger partial charge >= 0.3 is 6.03 Å². The molecule has 2 aromatic rings. The molecule has 0 bridgehead atoms. The minimum absolute atomic E-state index is 0.0340. The zero-order valence-electron chi connectivity index (χ0n) is 16.9. The molecule has 2 aliphatic rings. The fourth-order valence-corrected chi connectivity index (χ4v) is 4.56. The highest BCUT2D eigenvalue weighted by molar-refractivity contribution is 7.92. The maximum Gasteiger partial charge on any atom is 0.315 e. The Morgan fingerprint density at radius 2 is 1.97 bits per heavy atom. The van der Waals surface area contributed by atoms with Crippen LogP contribution in [0.25, 0.3) is 0 Å². The van der Waals surface area contributed by atoms with E-state index in [1.807, 2.05) is 0 Å². The molecule has 0 unspecified atom stereocenters. The number of hydrogen-bond donors (Lipinski definition) is 3. The molecule has 7 nitrogen and oxygen atoms in total. The van der Waals surface area contributed by atoms with E-state index in [1.54, 1.807) is 6.07 Å². The molecule has 0 radical (unpaired) electrons. The largest absolute Gasteiger partial charge is 0.487 e. The summed E-state index contributed by atoms with van der Waals surface area (Å²) in [7, 11) is -3.60. The maximum atomic E-state index is 14.1. The highest BCUT2D eigenvalue weighted by atomic mass is 32.2. The molecule has 31 heavy (non-hydrogen) atoms. The molecule has 0 aromatic heterocycles. The Bertz CT molecular complexity index is 1120. The number of nitrogens with one attached hydrogen (secondary N) is 3. The summed E-state index contributed by atoms with van der Waals surface area (Å²) in [5.41, 5.74) is 0.562. The predicted octanol–water partition coefficient (Wildman–Crippen LogP) is 3.58. The number of halogens is 2. The van der Waals surface area contributed by atoms with E-state index in [2.05, 4.69) is 15.4 Å². The number of carbonyl (C=O) groups excluding carboxylic acids is 1. The molecule has 166 valence electrons. The Morgan fingerprint density at radius 1 is 1.19 bits per heavy atom. The van der Waals surface area contributed by atoms with Gasteiger partial charge in [-0.2, -0.15) is 0 Å².